The highest BCUT2D eigenvalue weighted by atomic mass is 16.5. The molecule has 0 unspecified atom stereocenters. The molecule has 6 nitrogen and oxygen atoms in total. The third-order valence-electron chi connectivity index (χ3n) is 3.34. The van der Waals surface area contributed by atoms with Crippen LogP contribution in [-0.2, 0) is 20.9 Å². The summed E-state index contributed by atoms with van der Waals surface area (Å²) in [5.41, 5.74) is 0.927. The van der Waals surface area contributed by atoms with Gasteiger partial charge in [0.05, 0.1) is 7.11 Å². The summed E-state index contributed by atoms with van der Waals surface area (Å²) in [6.07, 6.45) is 0.635. The van der Waals surface area contributed by atoms with E-state index in [0.717, 1.165) is 16.2 Å². The van der Waals surface area contributed by atoms with Gasteiger partial charge < -0.3 is 10.1 Å². The van der Waals surface area contributed by atoms with E-state index in [4.69, 9.17) is 4.74 Å². The van der Waals surface area contributed by atoms with Crippen LogP contribution in [0.25, 0.3) is 0 Å². The SMILES string of the molecule is COc1cccc(CNC(=O)CCN2C(=O)CCC2=O)c1. The Morgan fingerprint density at radius 3 is 2.67 bits per heavy atom. The Balaban J connectivity index is 1.77. The summed E-state index contributed by atoms with van der Waals surface area (Å²) in [6.45, 7) is 0.541. The number of hydrogen-bond acceptors (Lipinski definition) is 4. The molecule has 0 spiro atoms. The Bertz CT molecular complexity index is 540. The molecule has 21 heavy (non-hydrogen) atoms. The maximum atomic E-state index is 11.7. The van der Waals surface area contributed by atoms with Crippen LogP contribution >= 0.6 is 0 Å². The second-order valence-electron chi connectivity index (χ2n) is 4.82. The average molecular weight is 290 g/mol. The number of ether oxygens (including phenoxy) is 1. The standard InChI is InChI=1S/C15H18N2O4/c1-21-12-4-2-3-11(9-12)10-16-13(18)7-8-17-14(19)5-6-15(17)20/h2-4,9H,5-8,10H2,1H3,(H,16,18). The van der Waals surface area contributed by atoms with Crippen molar-refractivity contribution in [3.8, 4) is 5.75 Å². The van der Waals surface area contributed by atoms with E-state index in [1.54, 1.807) is 7.11 Å². The first-order valence-electron chi connectivity index (χ1n) is 6.83. The summed E-state index contributed by atoms with van der Waals surface area (Å²) in [7, 11) is 1.59. The number of methoxy groups -OCH3 is 1. The maximum absolute atomic E-state index is 11.7. The van der Waals surface area contributed by atoms with Crippen molar-refractivity contribution >= 4 is 17.7 Å². The van der Waals surface area contributed by atoms with Crippen LogP contribution in [0.2, 0.25) is 0 Å². The van der Waals surface area contributed by atoms with Crippen LogP contribution in [0.15, 0.2) is 24.3 Å². The highest BCUT2D eigenvalue weighted by Gasteiger charge is 2.28. The van der Waals surface area contributed by atoms with Crippen molar-refractivity contribution in [2.45, 2.75) is 25.8 Å². The first kappa shape index (κ1) is 15.0. The second-order valence-corrected chi connectivity index (χ2v) is 4.82. The van der Waals surface area contributed by atoms with E-state index in [2.05, 4.69) is 5.32 Å². The van der Waals surface area contributed by atoms with Gasteiger partial charge in [-0.15, -0.1) is 0 Å². The monoisotopic (exact) mass is 290 g/mol. The molecule has 1 fully saturated rings. The summed E-state index contributed by atoms with van der Waals surface area (Å²) in [4.78, 5) is 35.7. The lowest BCUT2D eigenvalue weighted by atomic mass is 10.2. The van der Waals surface area contributed by atoms with Gasteiger partial charge in [-0.05, 0) is 17.7 Å². The van der Waals surface area contributed by atoms with E-state index < -0.39 is 0 Å². The van der Waals surface area contributed by atoms with Gasteiger partial charge in [0.25, 0.3) is 0 Å². The molecule has 1 N–H and O–H groups in total. The minimum Gasteiger partial charge on any atom is -0.497 e. The van der Waals surface area contributed by atoms with Gasteiger partial charge in [-0.3, -0.25) is 19.3 Å². The number of carbonyl (C=O) groups is 3. The lowest BCUT2D eigenvalue weighted by Crippen LogP contribution is -2.34. The minimum atomic E-state index is -0.194. The van der Waals surface area contributed by atoms with Crippen LogP contribution in [0, 0.1) is 0 Å². The number of amides is 3. The molecule has 0 saturated carbocycles. The number of carbonyl (C=O) groups excluding carboxylic acids is 3. The molecule has 1 aromatic rings. The Kier molecular flexibility index (Phi) is 4.92. The summed E-state index contributed by atoms with van der Waals surface area (Å²) < 4.78 is 5.11. The number of benzene rings is 1. The van der Waals surface area contributed by atoms with E-state index in [1.165, 1.54) is 0 Å². The molecule has 1 heterocycles. The van der Waals surface area contributed by atoms with Crippen molar-refractivity contribution in [2.75, 3.05) is 13.7 Å². The second kappa shape index (κ2) is 6.88. The van der Waals surface area contributed by atoms with Crippen LogP contribution in [0.1, 0.15) is 24.8 Å². The number of nitrogens with one attached hydrogen (secondary N) is 1. The van der Waals surface area contributed by atoms with Crippen LogP contribution in [-0.4, -0.2) is 36.3 Å². The van der Waals surface area contributed by atoms with Gasteiger partial charge in [0.15, 0.2) is 0 Å². The van der Waals surface area contributed by atoms with Gasteiger partial charge >= 0.3 is 0 Å². The molecule has 1 aromatic carbocycles. The zero-order valence-electron chi connectivity index (χ0n) is 11.9. The molecule has 1 aliphatic rings. The highest BCUT2D eigenvalue weighted by Crippen LogP contribution is 2.13. The topological polar surface area (TPSA) is 75.7 Å². The quantitative estimate of drug-likeness (QED) is 0.788. The summed E-state index contributed by atoms with van der Waals surface area (Å²) in [6, 6.07) is 7.40. The molecule has 1 saturated heterocycles. The molecule has 112 valence electrons. The largest absolute Gasteiger partial charge is 0.497 e. The fraction of sp³-hybridized carbons (Fsp3) is 0.400. The third-order valence-corrected chi connectivity index (χ3v) is 3.34. The lowest BCUT2D eigenvalue weighted by Gasteiger charge is -2.13. The summed E-state index contributed by atoms with van der Waals surface area (Å²) in [5, 5.41) is 2.76. The molecule has 0 atom stereocenters. The zero-order valence-corrected chi connectivity index (χ0v) is 11.9. The van der Waals surface area contributed by atoms with Crippen molar-refractivity contribution in [2.24, 2.45) is 0 Å². The smallest absolute Gasteiger partial charge is 0.229 e. The molecular weight excluding hydrogens is 272 g/mol. The van der Waals surface area contributed by atoms with Gasteiger partial charge in [-0.2, -0.15) is 0 Å². The van der Waals surface area contributed by atoms with Crippen molar-refractivity contribution < 1.29 is 19.1 Å². The van der Waals surface area contributed by atoms with Crippen LogP contribution in [0.5, 0.6) is 5.75 Å². The highest BCUT2D eigenvalue weighted by molar-refractivity contribution is 6.02. The molecule has 3 amide bonds. The van der Waals surface area contributed by atoms with Crippen molar-refractivity contribution in [3.05, 3.63) is 29.8 Å². The van der Waals surface area contributed by atoms with Crippen LogP contribution in [0.4, 0.5) is 0 Å². The fourth-order valence-corrected chi connectivity index (χ4v) is 2.16. The van der Waals surface area contributed by atoms with Crippen molar-refractivity contribution in [1.29, 1.82) is 0 Å². The van der Waals surface area contributed by atoms with Gasteiger partial charge in [0, 0.05) is 32.4 Å². The van der Waals surface area contributed by atoms with Gasteiger partial charge in [-0.25, -0.2) is 0 Å². The van der Waals surface area contributed by atoms with Crippen LogP contribution in [0.3, 0.4) is 0 Å². The Labute approximate surface area is 123 Å². The molecule has 2 rings (SSSR count). The van der Waals surface area contributed by atoms with Gasteiger partial charge in [-0.1, -0.05) is 12.1 Å². The van der Waals surface area contributed by atoms with E-state index in [1.807, 2.05) is 24.3 Å². The normalized spacial score (nSPS) is 14.4. The first-order chi connectivity index (χ1) is 10.1. The van der Waals surface area contributed by atoms with Gasteiger partial charge in [0.2, 0.25) is 17.7 Å². The molecular formula is C15H18N2O4. The molecule has 0 radical (unpaired) electrons. The minimum absolute atomic E-state index is 0.126. The zero-order chi connectivity index (χ0) is 15.2. The number of nitrogens with zero attached hydrogens (tertiary/aromatic N) is 1. The lowest BCUT2D eigenvalue weighted by molar-refractivity contribution is -0.138. The maximum Gasteiger partial charge on any atom is 0.229 e. The van der Waals surface area contributed by atoms with E-state index in [-0.39, 0.29) is 43.5 Å². The third kappa shape index (κ3) is 4.05. The van der Waals surface area contributed by atoms with Crippen LogP contribution < -0.4 is 10.1 Å². The predicted molar refractivity (Wildman–Crippen MR) is 75.4 cm³/mol. The Morgan fingerprint density at radius 2 is 2.00 bits per heavy atom. The fourth-order valence-electron chi connectivity index (χ4n) is 2.16. The molecule has 0 aromatic heterocycles. The van der Waals surface area contributed by atoms with E-state index >= 15 is 0 Å². The van der Waals surface area contributed by atoms with Crippen molar-refractivity contribution in [1.82, 2.24) is 10.2 Å². The van der Waals surface area contributed by atoms with E-state index in [9.17, 15) is 14.4 Å². The number of imide groups is 1. The predicted octanol–water partition coefficient (Wildman–Crippen LogP) is 0.850. The molecule has 6 heteroatoms. The first-order valence-corrected chi connectivity index (χ1v) is 6.83. The number of hydrogen-bond donors (Lipinski definition) is 1. The van der Waals surface area contributed by atoms with Gasteiger partial charge in [0.1, 0.15) is 5.75 Å². The molecule has 0 aliphatic carbocycles. The summed E-state index contributed by atoms with van der Waals surface area (Å²) in [5.74, 6) is 0.154. The summed E-state index contributed by atoms with van der Waals surface area (Å²) >= 11 is 0. The Hall–Kier alpha value is -2.37. The number of rotatable bonds is 6. The average Bonchev–Trinajstić information content (AvgIpc) is 2.82. The van der Waals surface area contributed by atoms with Crippen molar-refractivity contribution in [3.63, 3.8) is 0 Å². The molecule has 0 bridgehead atoms. The number of likely N-dealkylation sites (tertiary alicyclic amines) is 1. The molecule has 1 aliphatic heterocycles. The Morgan fingerprint density at radius 1 is 1.29 bits per heavy atom. The van der Waals surface area contributed by atoms with E-state index in [0.29, 0.717) is 6.54 Å².